The first-order valence-corrected chi connectivity index (χ1v) is 5.44. The van der Waals surface area contributed by atoms with Gasteiger partial charge in [0.15, 0.2) is 0 Å². The van der Waals surface area contributed by atoms with Crippen molar-refractivity contribution >= 4 is 6.21 Å². The van der Waals surface area contributed by atoms with Gasteiger partial charge in [-0.15, -0.1) is 0 Å². The lowest BCUT2D eigenvalue weighted by Crippen LogP contribution is -2.07. The molecule has 1 aliphatic heterocycles. The van der Waals surface area contributed by atoms with Gasteiger partial charge in [0.2, 0.25) is 0 Å². The first-order valence-electron chi connectivity index (χ1n) is 5.44. The van der Waals surface area contributed by atoms with E-state index in [9.17, 15) is 0 Å². The molecule has 0 saturated heterocycles. The predicted molar refractivity (Wildman–Crippen MR) is 61.2 cm³/mol. The summed E-state index contributed by atoms with van der Waals surface area (Å²) in [5, 5.41) is 0. The Kier molecular flexibility index (Phi) is 6.56. The number of nitrogens with zero attached hydrogens (tertiary/aromatic N) is 1. The first kappa shape index (κ1) is 12.4. The molecular formula is C12H23N. The van der Waals surface area contributed by atoms with Crippen LogP contribution in [0.3, 0.4) is 0 Å². The van der Waals surface area contributed by atoms with Crippen molar-refractivity contribution in [1.29, 1.82) is 0 Å². The van der Waals surface area contributed by atoms with Crippen molar-refractivity contribution in [2.45, 2.75) is 47.5 Å². The Labute approximate surface area is 83.0 Å². The van der Waals surface area contributed by atoms with Crippen molar-refractivity contribution in [2.75, 3.05) is 0 Å². The third kappa shape index (κ3) is 4.25. The second-order valence-corrected chi connectivity index (χ2v) is 3.55. The predicted octanol–water partition coefficient (Wildman–Crippen LogP) is 4.05. The van der Waals surface area contributed by atoms with E-state index in [1.54, 1.807) is 0 Å². The lowest BCUT2D eigenvalue weighted by molar-refractivity contribution is 0.474. The van der Waals surface area contributed by atoms with E-state index in [4.69, 9.17) is 0 Å². The van der Waals surface area contributed by atoms with Gasteiger partial charge in [0.25, 0.3) is 0 Å². The molecule has 1 atom stereocenters. The van der Waals surface area contributed by atoms with Crippen LogP contribution in [0.25, 0.3) is 0 Å². The number of rotatable bonds is 2. The van der Waals surface area contributed by atoms with Crippen molar-refractivity contribution in [3.8, 4) is 0 Å². The molecule has 13 heavy (non-hydrogen) atoms. The Morgan fingerprint density at radius 3 is 2.15 bits per heavy atom. The van der Waals surface area contributed by atoms with Crippen molar-refractivity contribution in [3.63, 3.8) is 0 Å². The molecule has 0 spiro atoms. The van der Waals surface area contributed by atoms with Crippen LogP contribution in [0.15, 0.2) is 16.8 Å². The van der Waals surface area contributed by atoms with E-state index < -0.39 is 0 Å². The third-order valence-electron chi connectivity index (χ3n) is 2.36. The Bertz CT molecular complexity index is 178. The van der Waals surface area contributed by atoms with Crippen molar-refractivity contribution < 1.29 is 0 Å². The van der Waals surface area contributed by atoms with Crippen LogP contribution in [0.1, 0.15) is 47.5 Å². The summed E-state index contributed by atoms with van der Waals surface area (Å²) >= 11 is 0. The molecule has 0 saturated carbocycles. The van der Waals surface area contributed by atoms with Crippen LogP contribution in [0.4, 0.5) is 0 Å². The van der Waals surface area contributed by atoms with Crippen molar-refractivity contribution in [2.24, 2.45) is 16.8 Å². The lowest BCUT2D eigenvalue weighted by atomic mass is 9.93. The highest BCUT2D eigenvalue weighted by Gasteiger charge is 2.12. The summed E-state index contributed by atoms with van der Waals surface area (Å²) in [4.78, 5) is 4.39. The minimum atomic E-state index is 0.617. The zero-order valence-corrected chi connectivity index (χ0v) is 9.67. The van der Waals surface area contributed by atoms with Gasteiger partial charge in [-0.3, -0.25) is 4.99 Å². The zero-order chi connectivity index (χ0) is 10.3. The molecule has 0 aromatic rings. The average molecular weight is 181 g/mol. The molecule has 0 radical (unpaired) electrons. The highest BCUT2D eigenvalue weighted by Crippen LogP contribution is 2.22. The maximum absolute atomic E-state index is 4.39. The number of hydrogen-bond donors (Lipinski definition) is 0. The summed E-state index contributed by atoms with van der Waals surface area (Å²) in [6.07, 6.45) is 6.60. The van der Waals surface area contributed by atoms with E-state index in [1.165, 1.54) is 12.1 Å². The van der Waals surface area contributed by atoms with Gasteiger partial charge in [0.05, 0.1) is 0 Å². The molecule has 0 amide bonds. The van der Waals surface area contributed by atoms with Crippen LogP contribution >= 0.6 is 0 Å². The average Bonchev–Trinajstić information content (AvgIpc) is 2.21. The quantitative estimate of drug-likeness (QED) is 0.609. The Balaban J connectivity index is 0.000000671. The molecule has 76 valence electrons. The molecule has 1 unspecified atom stereocenters. The third-order valence-corrected chi connectivity index (χ3v) is 2.36. The molecule has 0 bridgehead atoms. The molecule has 1 rings (SSSR count). The number of aliphatic imine (C=N–C) groups is 1. The highest BCUT2D eigenvalue weighted by molar-refractivity contribution is 5.60. The standard InChI is InChI=1S/C10H17N.C2H6/c1-8(2)9(3)10-6-4-5-7-11-10;1-2/h6-9H,4-5H2,1-3H3;1-2H3. The summed E-state index contributed by atoms with van der Waals surface area (Å²) in [7, 11) is 0. The smallest absolute Gasteiger partial charge is 0.0390 e. The fraction of sp³-hybridized carbons (Fsp3) is 0.750. The van der Waals surface area contributed by atoms with Gasteiger partial charge in [-0.1, -0.05) is 40.7 Å². The largest absolute Gasteiger partial charge is 0.266 e. The summed E-state index contributed by atoms with van der Waals surface area (Å²) in [5.74, 6) is 1.32. The summed E-state index contributed by atoms with van der Waals surface area (Å²) in [6.45, 7) is 10.7. The maximum Gasteiger partial charge on any atom is 0.0390 e. The topological polar surface area (TPSA) is 12.4 Å². The van der Waals surface area contributed by atoms with E-state index in [2.05, 4.69) is 31.8 Å². The molecule has 0 aromatic heterocycles. The molecule has 0 aromatic carbocycles. The summed E-state index contributed by atoms with van der Waals surface area (Å²) in [6, 6.07) is 0. The Hall–Kier alpha value is -0.590. The molecule has 1 nitrogen and oxygen atoms in total. The van der Waals surface area contributed by atoms with Crippen molar-refractivity contribution in [1.82, 2.24) is 0 Å². The molecule has 1 heteroatoms. The number of allylic oxidation sites excluding steroid dienone is 2. The molecule has 0 N–H and O–H groups in total. The number of hydrogen-bond acceptors (Lipinski definition) is 1. The van der Waals surface area contributed by atoms with Gasteiger partial charge in [0, 0.05) is 17.8 Å². The summed E-state index contributed by atoms with van der Waals surface area (Å²) in [5.41, 5.74) is 1.28. The Morgan fingerprint density at radius 2 is 1.77 bits per heavy atom. The van der Waals surface area contributed by atoms with Crippen LogP contribution in [0, 0.1) is 11.8 Å². The van der Waals surface area contributed by atoms with Gasteiger partial charge in [0.1, 0.15) is 0 Å². The van der Waals surface area contributed by atoms with Gasteiger partial charge >= 0.3 is 0 Å². The van der Waals surface area contributed by atoms with E-state index >= 15 is 0 Å². The lowest BCUT2D eigenvalue weighted by Gasteiger charge is -2.17. The monoisotopic (exact) mass is 181 g/mol. The summed E-state index contributed by atoms with van der Waals surface area (Å²) < 4.78 is 0. The highest BCUT2D eigenvalue weighted by atomic mass is 14.7. The molecule has 0 aliphatic carbocycles. The normalized spacial score (nSPS) is 17.5. The van der Waals surface area contributed by atoms with Gasteiger partial charge in [-0.2, -0.15) is 0 Å². The van der Waals surface area contributed by atoms with E-state index in [0.29, 0.717) is 11.8 Å². The van der Waals surface area contributed by atoms with Crippen LogP contribution in [-0.4, -0.2) is 6.21 Å². The SMILES string of the molecule is CC.CC(C)C(C)C1=CCCC=N1. The van der Waals surface area contributed by atoms with Crippen molar-refractivity contribution in [3.05, 3.63) is 11.8 Å². The van der Waals surface area contributed by atoms with Gasteiger partial charge in [-0.05, 0) is 18.8 Å². The van der Waals surface area contributed by atoms with Crippen LogP contribution in [0.2, 0.25) is 0 Å². The zero-order valence-electron chi connectivity index (χ0n) is 9.67. The second kappa shape index (κ2) is 6.88. The van der Waals surface area contributed by atoms with Gasteiger partial charge < -0.3 is 0 Å². The fourth-order valence-corrected chi connectivity index (χ4v) is 1.17. The molecule has 1 aliphatic rings. The minimum absolute atomic E-state index is 0.617. The van der Waals surface area contributed by atoms with E-state index in [1.807, 2.05) is 20.1 Å². The van der Waals surface area contributed by atoms with E-state index in [0.717, 1.165) is 6.42 Å². The van der Waals surface area contributed by atoms with Crippen LogP contribution < -0.4 is 0 Å². The van der Waals surface area contributed by atoms with Crippen LogP contribution in [0.5, 0.6) is 0 Å². The fourth-order valence-electron chi connectivity index (χ4n) is 1.17. The minimum Gasteiger partial charge on any atom is -0.266 e. The first-order chi connectivity index (χ1) is 6.22. The molecular weight excluding hydrogens is 158 g/mol. The Morgan fingerprint density at radius 1 is 1.15 bits per heavy atom. The van der Waals surface area contributed by atoms with Crippen LogP contribution in [-0.2, 0) is 0 Å². The van der Waals surface area contributed by atoms with E-state index in [-0.39, 0.29) is 0 Å². The molecule has 1 heterocycles. The maximum atomic E-state index is 4.39. The van der Waals surface area contributed by atoms with Gasteiger partial charge in [-0.25, -0.2) is 0 Å². The molecule has 0 fully saturated rings. The second-order valence-electron chi connectivity index (χ2n) is 3.55.